The number of amides is 4. The molecule has 0 bridgehead atoms. The highest BCUT2D eigenvalue weighted by molar-refractivity contribution is 6.39. The van der Waals surface area contributed by atoms with Crippen molar-refractivity contribution < 1.29 is 24.4 Å². The van der Waals surface area contributed by atoms with Gasteiger partial charge in [-0.05, 0) is 113 Å². The van der Waals surface area contributed by atoms with Crippen molar-refractivity contribution in [3.8, 4) is 0 Å². The van der Waals surface area contributed by atoms with Crippen molar-refractivity contribution in [2.45, 2.75) is 57.7 Å². The molecule has 0 saturated carbocycles. The summed E-state index contributed by atoms with van der Waals surface area (Å²) in [5.41, 5.74) is 7.17. The Hall–Kier alpha value is -5.26. The molecule has 0 unspecified atom stereocenters. The Morgan fingerprint density at radius 2 is 1.00 bits per heavy atom. The van der Waals surface area contributed by atoms with Crippen molar-refractivity contribution in [2.24, 2.45) is 10.2 Å². The predicted molar refractivity (Wildman–Crippen MR) is 171 cm³/mol. The first kappa shape index (κ1) is 29.5. The van der Waals surface area contributed by atoms with Crippen LogP contribution in [0.25, 0.3) is 10.8 Å². The molecule has 46 heavy (non-hydrogen) atoms. The standard InChI is InChI=1S/C35H31N6O5/c1-34(2)17-23(18-35(3,4)41(34)46)40-32(44)26-15-13-24-28-25(14-16-27(29(26)28)33(40)45)31(43)39(30(24)42)22-11-9-21(10-12-22)38-37-20-7-5-19(36)6-8-20/h5-16,23H,17-18,36H2,1-4H3. The molecule has 0 aromatic heterocycles. The summed E-state index contributed by atoms with van der Waals surface area (Å²) in [7, 11) is 0. The number of nitrogens with two attached hydrogens (primary N) is 1. The van der Waals surface area contributed by atoms with Crippen LogP contribution in [0.1, 0.15) is 82.0 Å². The van der Waals surface area contributed by atoms with Crippen molar-refractivity contribution in [3.63, 3.8) is 0 Å². The lowest BCUT2D eigenvalue weighted by Crippen LogP contribution is -2.64. The summed E-state index contributed by atoms with van der Waals surface area (Å²) in [5, 5.41) is 23.0. The number of carbonyl (C=O) groups excluding carboxylic acids is 4. The number of anilines is 2. The number of rotatable bonds is 4. The highest BCUT2D eigenvalue weighted by atomic mass is 16.5. The average Bonchev–Trinajstić information content (AvgIpc) is 3.01. The Balaban J connectivity index is 1.22. The minimum absolute atomic E-state index is 0.221. The van der Waals surface area contributed by atoms with Crippen LogP contribution in [0.4, 0.5) is 22.7 Å². The molecule has 2 N–H and O–H groups in total. The maximum atomic E-state index is 14.0. The van der Waals surface area contributed by atoms with Gasteiger partial charge in [0.25, 0.3) is 23.6 Å². The lowest BCUT2D eigenvalue weighted by atomic mass is 9.77. The summed E-state index contributed by atoms with van der Waals surface area (Å²) < 4.78 is 0. The number of hydroxylamine groups is 2. The first-order valence-corrected chi connectivity index (χ1v) is 15.0. The molecule has 0 atom stereocenters. The zero-order valence-corrected chi connectivity index (χ0v) is 25.8. The minimum Gasteiger partial charge on any atom is -0.399 e. The van der Waals surface area contributed by atoms with Gasteiger partial charge in [-0.15, -0.1) is 10.3 Å². The van der Waals surface area contributed by atoms with Crippen LogP contribution in [0.2, 0.25) is 0 Å². The van der Waals surface area contributed by atoms with E-state index in [2.05, 4.69) is 10.2 Å². The Morgan fingerprint density at radius 1 is 0.609 bits per heavy atom. The third kappa shape index (κ3) is 4.42. The van der Waals surface area contributed by atoms with E-state index in [1.54, 1.807) is 72.8 Å². The van der Waals surface area contributed by atoms with Crippen molar-refractivity contribution >= 4 is 57.2 Å². The molecule has 4 aromatic rings. The monoisotopic (exact) mass is 615 g/mol. The second kappa shape index (κ2) is 10.1. The molecular formula is C35H31N6O5. The van der Waals surface area contributed by atoms with Gasteiger partial charge >= 0.3 is 0 Å². The van der Waals surface area contributed by atoms with Crippen LogP contribution in [0.5, 0.6) is 0 Å². The van der Waals surface area contributed by atoms with E-state index >= 15 is 0 Å². The molecule has 3 aliphatic heterocycles. The second-order valence-corrected chi connectivity index (χ2v) is 13.3. The summed E-state index contributed by atoms with van der Waals surface area (Å²) in [6.45, 7) is 7.26. The van der Waals surface area contributed by atoms with Gasteiger partial charge in [0.1, 0.15) is 0 Å². The molecule has 7 rings (SSSR count). The summed E-state index contributed by atoms with van der Waals surface area (Å²) in [6, 6.07) is 19.1. The molecule has 1 saturated heterocycles. The van der Waals surface area contributed by atoms with E-state index in [1.807, 2.05) is 27.7 Å². The molecule has 1 fully saturated rings. The van der Waals surface area contributed by atoms with Crippen LogP contribution in [-0.2, 0) is 5.21 Å². The molecular weight excluding hydrogens is 584 g/mol. The van der Waals surface area contributed by atoms with Crippen molar-refractivity contribution in [3.05, 3.63) is 95.1 Å². The maximum Gasteiger partial charge on any atom is 0.265 e. The van der Waals surface area contributed by atoms with Crippen LogP contribution >= 0.6 is 0 Å². The average molecular weight is 616 g/mol. The number of carbonyl (C=O) groups is 4. The van der Waals surface area contributed by atoms with Gasteiger partial charge in [0.05, 0.1) is 17.1 Å². The van der Waals surface area contributed by atoms with Crippen molar-refractivity contribution in [1.82, 2.24) is 9.96 Å². The second-order valence-electron chi connectivity index (χ2n) is 13.3. The van der Waals surface area contributed by atoms with E-state index in [4.69, 9.17) is 5.73 Å². The van der Waals surface area contributed by atoms with Crippen LogP contribution in [0.3, 0.4) is 0 Å². The number of nitrogens with zero attached hydrogens (tertiary/aromatic N) is 5. The van der Waals surface area contributed by atoms with E-state index in [9.17, 15) is 24.4 Å². The van der Waals surface area contributed by atoms with Crippen LogP contribution in [0.15, 0.2) is 83.0 Å². The Morgan fingerprint density at radius 3 is 1.43 bits per heavy atom. The van der Waals surface area contributed by atoms with Gasteiger partial charge in [0, 0.05) is 55.8 Å². The van der Waals surface area contributed by atoms with E-state index in [-0.39, 0.29) is 22.3 Å². The van der Waals surface area contributed by atoms with Crippen molar-refractivity contribution in [1.29, 1.82) is 0 Å². The lowest BCUT2D eigenvalue weighted by Gasteiger charge is -2.52. The van der Waals surface area contributed by atoms with Crippen LogP contribution < -0.4 is 10.6 Å². The number of hydrogen-bond donors (Lipinski definition) is 1. The molecule has 11 nitrogen and oxygen atoms in total. The number of piperidine rings is 1. The zero-order chi connectivity index (χ0) is 32.7. The van der Waals surface area contributed by atoms with E-state index in [0.29, 0.717) is 46.4 Å². The zero-order valence-electron chi connectivity index (χ0n) is 25.8. The smallest absolute Gasteiger partial charge is 0.265 e. The summed E-state index contributed by atoms with van der Waals surface area (Å²) in [5.74, 6) is -2.12. The van der Waals surface area contributed by atoms with E-state index in [0.717, 1.165) is 9.96 Å². The van der Waals surface area contributed by atoms with Gasteiger partial charge in [0.2, 0.25) is 0 Å². The molecule has 0 spiro atoms. The summed E-state index contributed by atoms with van der Waals surface area (Å²) in [4.78, 5) is 58.0. The largest absolute Gasteiger partial charge is 0.399 e. The number of hydrogen-bond acceptors (Lipinski definition) is 8. The quantitative estimate of drug-likeness (QED) is 0.155. The fraction of sp³-hybridized carbons (Fsp3) is 0.257. The molecule has 4 amide bonds. The molecule has 1 radical (unpaired) electrons. The molecule has 231 valence electrons. The normalized spacial score (nSPS) is 19.5. The first-order valence-electron chi connectivity index (χ1n) is 15.0. The Bertz CT molecular complexity index is 1930. The van der Waals surface area contributed by atoms with Gasteiger partial charge in [0.15, 0.2) is 0 Å². The number of azo groups is 1. The third-order valence-electron chi connectivity index (χ3n) is 9.14. The third-order valence-corrected chi connectivity index (χ3v) is 9.14. The molecule has 3 heterocycles. The van der Waals surface area contributed by atoms with Crippen molar-refractivity contribution in [2.75, 3.05) is 10.6 Å². The number of imide groups is 2. The van der Waals surface area contributed by atoms with Gasteiger partial charge in [-0.3, -0.25) is 24.1 Å². The minimum atomic E-state index is -0.794. The highest BCUT2D eigenvalue weighted by Gasteiger charge is 2.51. The molecule has 3 aliphatic rings. The van der Waals surface area contributed by atoms with Gasteiger partial charge in [-0.25, -0.2) is 4.90 Å². The van der Waals surface area contributed by atoms with Crippen LogP contribution in [0, 0.1) is 0 Å². The van der Waals surface area contributed by atoms with E-state index < -0.39 is 40.7 Å². The topological polar surface area (TPSA) is 149 Å². The predicted octanol–water partition coefficient (Wildman–Crippen LogP) is 6.60. The molecule has 11 heteroatoms. The number of benzene rings is 4. The van der Waals surface area contributed by atoms with Gasteiger partial charge < -0.3 is 5.73 Å². The van der Waals surface area contributed by atoms with Gasteiger partial charge in [-0.1, -0.05) is 0 Å². The SMILES string of the molecule is CC1(C)CC(N2C(=O)c3ccc4c5c(ccc(c35)C2=O)C(=O)N(c2ccc(N=Nc3ccc(N)cc3)cc2)C4=O)CC(C)(C)N1[O]. The highest BCUT2D eigenvalue weighted by Crippen LogP contribution is 2.44. The Kier molecular flexibility index (Phi) is 6.48. The number of nitrogen functional groups attached to an aromatic ring is 1. The summed E-state index contributed by atoms with van der Waals surface area (Å²) >= 11 is 0. The fourth-order valence-electron chi connectivity index (χ4n) is 7.18. The lowest BCUT2D eigenvalue weighted by molar-refractivity contribution is -0.292. The fourth-order valence-corrected chi connectivity index (χ4v) is 7.18. The maximum absolute atomic E-state index is 14.0. The summed E-state index contributed by atoms with van der Waals surface area (Å²) in [6.07, 6.45) is 0.638. The van der Waals surface area contributed by atoms with Gasteiger partial charge in [-0.2, -0.15) is 10.2 Å². The Labute approximate surface area is 264 Å². The van der Waals surface area contributed by atoms with Crippen LogP contribution in [-0.4, -0.2) is 50.7 Å². The molecule has 0 aliphatic carbocycles. The molecule has 4 aromatic carbocycles. The first-order chi connectivity index (χ1) is 21.8. The van der Waals surface area contributed by atoms with E-state index in [1.165, 1.54) is 4.90 Å².